The van der Waals surface area contributed by atoms with Crippen LogP contribution in [0.5, 0.6) is 0 Å². The van der Waals surface area contributed by atoms with Crippen LogP contribution in [-0.4, -0.2) is 40.7 Å². The number of aromatic nitrogens is 2. The van der Waals surface area contributed by atoms with Crippen LogP contribution in [-0.2, 0) is 13.0 Å². The predicted molar refractivity (Wildman–Crippen MR) is 68.1 cm³/mol. The van der Waals surface area contributed by atoms with Gasteiger partial charge >= 0.3 is 0 Å². The summed E-state index contributed by atoms with van der Waals surface area (Å²) in [5.74, 6) is 2.44. The van der Waals surface area contributed by atoms with Gasteiger partial charge in [-0.05, 0) is 31.7 Å². The van der Waals surface area contributed by atoms with E-state index in [0.29, 0.717) is 6.04 Å². The van der Waals surface area contributed by atoms with Gasteiger partial charge < -0.3 is 9.84 Å². The highest BCUT2D eigenvalue weighted by Crippen LogP contribution is 2.25. The number of hydrogen-bond acceptors (Lipinski definition) is 5. The Hall–Kier alpha value is -0.940. The Morgan fingerprint density at radius 1 is 1.44 bits per heavy atom. The Balaban J connectivity index is 1.56. The van der Waals surface area contributed by atoms with Crippen LogP contribution < -0.4 is 5.32 Å². The molecule has 2 saturated heterocycles. The zero-order chi connectivity index (χ0) is 12.4. The van der Waals surface area contributed by atoms with Crippen molar-refractivity contribution in [3.8, 4) is 0 Å². The lowest BCUT2D eigenvalue weighted by molar-refractivity contribution is 0.258. The van der Waals surface area contributed by atoms with Crippen molar-refractivity contribution in [3.05, 3.63) is 11.7 Å². The lowest BCUT2D eigenvalue weighted by Gasteiger charge is -2.24. The average Bonchev–Trinajstić information content (AvgIpc) is 2.96. The molecule has 0 saturated carbocycles. The van der Waals surface area contributed by atoms with E-state index in [1.807, 2.05) is 0 Å². The molecule has 2 aliphatic heterocycles. The van der Waals surface area contributed by atoms with Crippen LogP contribution in [0.3, 0.4) is 0 Å². The smallest absolute Gasteiger partial charge is 0.240 e. The van der Waals surface area contributed by atoms with E-state index >= 15 is 0 Å². The molecule has 5 nitrogen and oxygen atoms in total. The number of piperidine rings is 1. The molecule has 5 heteroatoms. The second kappa shape index (κ2) is 5.36. The van der Waals surface area contributed by atoms with E-state index in [1.165, 1.54) is 25.9 Å². The molecule has 2 atom stereocenters. The molecule has 2 fully saturated rings. The van der Waals surface area contributed by atoms with Crippen LogP contribution >= 0.6 is 0 Å². The van der Waals surface area contributed by atoms with Crippen molar-refractivity contribution < 1.29 is 4.52 Å². The summed E-state index contributed by atoms with van der Waals surface area (Å²) in [4.78, 5) is 6.88. The topological polar surface area (TPSA) is 54.2 Å². The molecule has 3 rings (SSSR count). The quantitative estimate of drug-likeness (QED) is 0.870. The maximum Gasteiger partial charge on any atom is 0.240 e. The summed E-state index contributed by atoms with van der Waals surface area (Å²) in [5.41, 5.74) is 0. The fourth-order valence-electron chi connectivity index (χ4n) is 3.14. The van der Waals surface area contributed by atoms with Crippen LogP contribution in [0.2, 0.25) is 0 Å². The summed E-state index contributed by atoms with van der Waals surface area (Å²) >= 11 is 0. The van der Waals surface area contributed by atoms with Crippen molar-refractivity contribution in [2.24, 2.45) is 5.92 Å². The van der Waals surface area contributed by atoms with Crippen molar-refractivity contribution in [2.45, 2.75) is 45.2 Å². The van der Waals surface area contributed by atoms with Gasteiger partial charge in [-0.3, -0.25) is 4.90 Å². The maximum atomic E-state index is 5.31. The molecular formula is C13H22N4O. The Morgan fingerprint density at radius 3 is 3.22 bits per heavy atom. The van der Waals surface area contributed by atoms with Crippen molar-refractivity contribution in [3.63, 3.8) is 0 Å². The fraction of sp³-hybridized carbons (Fsp3) is 0.846. The first-order valence-corrected chi connectivity index (χ1v) is 7.12. The van der Waals surface area contributed by atoms with Crippen LogP contribution in [0.15, 0.2) is 4.52 Å². The molecule has 0 aromatic carbocycles. The van der Waals surface area contributed by atoms with E-state index in [0.717, 1.165) is 43.6 Å². The zero-order valence-corrected chi connectivity index (χ0v) is 11.1. The van der Waals surface area contributed by atoms with Gasteiger partial charge in [-0.1, -0.05) is 12.1 Å². The minimum Gasteiger partial charge on any atom is -0.338 e. The summed E-state index contributed by atoms with van der Waals surface area (Å²) in [6, 6.07) is 0.678. The van der Waals surface area contributed by atoms with Gasteiger partial charge in [0.25, 0.3) is 0 Å². The molecule has 2 unspecified atom stereocenters. The van der Waals surface area contributed by atoms with Crippen molar-refractivity contribution in [1.29, 1.82) is 0 Å². The van der Waals surface area contributed by atoms with Gasteiger partial charge in [0.05, 0.1) is 6.54 Å². The average molecular weight is 250 g/mol. The third-order valence-corrected chi connectivity index (χ3v) is 4.02. The van der Waals surface area contributed by atoms with Crippen molar-refractivity contribution in [2.75, 3.05) is 19.6 Å². The van der Waals surface area contributed by atoms with E-state index in [1.54, 1.807) is 0 Å². The summed E-state index contributed by atoms with van der Waals surface area (Å²) in [6.07, 6.45) is 4.66. The first kappa shape index (κ1) is 12.1. The largest absolute Gasteiger partial charge is 0.338 e. The zero-order valence-electron chi connectivity index (χ0n) is 11.1. The predicted octanol–water partition coefficient (Wildman–Crippen LogP) is 1.21. The third-order valence-electron chi connectivity index (χ3n) is 4.02. The molecule has 0 amide bonds. The first-order valence-electron chi connectivity index (χ1n) is 7.12. The lowest BCUT2D eigenvalue weighted by Crippen LogP contribution is -2.40. The number of nitrogens with zero attached hydrogens (tertiary/aromatic N) is 3. The fourth-order valence-corrected chi connectivity index (χ4v) is 3.14. The van der Waals surface area contributed by atoms with Crippen LogP contribution in [0.4, 0.5) is 0 Å². The number of nitrogens with one attached hydrogen (secondary N) is 1. The Kier molecular flexibility index (Phi) is 3.61. The van der Waals surface area contributed by atoms with Gasteiger partial charge in [0.1, 0.15) is 0 Å². The standard InChI is InChI=1S/C13H22N4O/c1-2-4-12-15-13(18-16-12)9-17-7-10-5-3-6-14-11(10)8-17/h10-11,14H,2-9H2,1H3. The molecule has 0 bridgehead atoms. The molecule has 1 aromatic rings. The van der Waals surface area contributed by atoms with Crippen LogP contribution in [0.1, 0.15) is 37.9 Å². The summed E-state index contributed by atoms with van der Waals surface area (Å²) < 4.78 is 5.31. The van der Waals surface area contributed by atoms with Gasteiger partial charge in [-0.15, -0.1) is 0 Å². The number of fused-ring (bicyclic) bond motifs is 1. The number of likely N-dealkylation sites (tertiary alicyclic amines) is 1. The van der Waals surface area contributed by atoms with Crippen LogP contribution in [0.25, 0.3) is 0 Å². The van der Waals surface area contributed by atoms with Gasteiger partial charge in [-0.2, -0.15) is 4.98 Å². The number of aryl methyl sites for hydroxylation is 1. The molecule has 0 radical (unpaired) electrons. The normalized spacial score (nSPS) is 28.5. The van der Waals surface area contributed by atoms with E-state index in [9.17, 15) is 0 Å². The van der Waals surface area contributed by atoms with Crippen molar-refractivity contribution in [1.82, 2.24) is 20.4 Å². The first-order chi connectivity index (χ1) is 8.85. The molecule has 100 valence electrons. The number of hydrogen-bond donors (Lipinski definition) is 1. The van der Waals surface area contributed by atoms with Gasteiger partial charge in [-0.25, -0.2) is 0 Å². The highest BCUT2D eigenvalue weighted by molar-refractivity contribution is 4.94. The summed E-state index contributed by atoms with van der Waals surface area (Å²) in [6.45, 7) is 6.41. The second-order valence-corrected chi connectivity index (χ2v) is 5.51. The van der Waals surface area contributed by atoms with Gasteiger partial charge in [0.2, 0.25) is 5.89 Å². The van der Waals surface area contributed by atoms with Crippen LogP contribution in [0, 0.1) is 5.92 Å². The molecule has 0 aliphatic carbocycles. The molecule has 18 heavy (non-hydrogen) atoms. The highest BCUT2D eigenvalue weighted by atomic mass is 16.5. The van der Waals surface area contributed by atoms with E-state index in [4.69, 9.17) is 4.52 Å². The Labute approximate surface area is 108 Å². The lowest BCUT2D eigenvalue weighted by atomic mass is 9.94. The second-order valence-electron chi connectivity index (χ2n) is 5.51. The highest BCUT2D eigenvalue weighted by Gasteiger charge is 2.34. The Morgan fingerprint density at radius 2 is 2.39 bits per heavy atom. The summed E-state index contributed by atoms with van der Waals surface area (Å²) in [5, 5.41) is 7.62. The Bertz CT molecular complexity index is 378. The SMILES string of the molecule is CCCc1noc(CN2CC3CCCNC3C2)n1. The molecule has 1 aromatic heterocycles. The minimum absolute atomic E-state index is 0.678. The molecular weight excluding hydrogens is 228 g/mol. The number of rotatable bonds is 4. The monoisotopic (exact) mass is 250 g/mol. The van der Waals surface area contributed by atoms with Gasteiger partial charge in [0.15, 0.2) is 5.82 Å². The van der Waals surface area contributed by atoms with E-state index in [2.05, 4.69) is 27.3 Å². The molecule has 3 heterocycles. The maximum absolute atomic E-state index is 5.31. The van der Waals surface area contributed by atoms with Gasteiger partial charge in [0, 0.05) is 25.6 Å². The molecule has 0 spiro atoms. The van der Waals surface area contributed by atoms with E-state index in [-0.39, 0.29) is 0 Å². The third kappa shape index (κ3) is 2.57. The minimum atomic E-state index is 0.678. The molecule has 1 N–H and O–H groups in total. The van der Waals surface area contributed by atoms with Crippen molar-refractivity contribution >= 4 is 0 Å². The summed E-state index contributed by atoms with van der Waals surface area (Å²) in [7, 11) is 0. The molecule has 2 aliphatic rings. The van der Waals surface area contributed by atoms with E-state index < -0.39 is 0 Å².